The van der Waals surface area contributed by atoms with E-state index in [4.69, 9.17) is 9.47 Å². The molecular weight excluding hydrogens is 290 g/mol. The highest BCUT2D eigenvalue weighted by molar-refractivity contribution is 5.92. The van der Waals surface area contributed by atoms with E-state index >= 15 is 0 Å². The first-order chi connectivity index (χ1) is 11.0. The minimum Gasteiger partial charge on any atom is -0.497 e. The van der Waals surface area contributed by atoms with Gasteiger partial charge in [0.05, 0.1) is 20.6 Å². The highest BCUT2D eigenvalue weighted by atomic mass is 16.5. The fourth-order valence-electron chi connectivity index (χ4n) is 2.35. The molecule has 0 aliphatic carbocycles. The number of rotatable bonds is 6. The zero-order chi connectivity index (χ0) is 16.8. The van der Waals surface area contributed by atoms with Crippen molar-refractivity contribution in [2.75, 3.05) is 19.5 Å². The van der Waals surface area contributed by atoms with Gasteiger partial charge in [0.1, 0.15) is 11.5 Å². The van der Waals surface area contributed by atoms with Crippen LogP contribution in [0.3, 0.4) is 0 Å². The van der Waals surface area contributed by atoms with E-state index in [1.54, 1.807) is 20.3 Å². The summed E-state index contributed by atoms with van der Waals surface area (Å²) in [6.07, 6.45) is 0.228. The van der Waals surface area contributed by atoms with Gasteiger partial charge in [0.2, 0.25) is 5.91 Å². The molecule has 0 atom stereocenters. The molecule has 0 heterocycles. The molecule has 0 spiro atoms. The van der Waals surface area contributed by atoms with Crippen LogP contribution in [0.25, 0.3) is 0 Å². The maximum Gasteiger partial charge on any atom is 0.228 e. The van der Waals surface area contributed by atoms with E-state index in [0.29, 0.717) is 17.4 Å². The molecule has 0 unspecified atom stereocenters. The minimum atomic E-state index is -0.0890. The number of carbonyl (C=O) groups is 1. The summed E-state index contributed by atoms with van der Waals surface area (Å²) in [5, 5.41) is 2.91. The third-order valence-electron chi connectivity index (χ3n) is 3.70. The molecule has 0 aliphatic heterocycles. The van der Waals surface area contributed by atoms with E-state index in [9.17, 15) is 4.79 Å². The number of ether oxygens (including phenoxy) is 2. The molecule has 1 N–H and O–H groups in total. The van der Waals surface area contributed by atoms with E-state index in [1.165, 1.54) is 5.56 Å². The number of carbonyl (C=O) groups excluding carboxylic acids is 1. The Balaban J connectivity index is 2.07. The van der Waals surface area contributed by atoms with Gasteiger partial charge in [-0.3, -0.25) is 4.79 Å². The van der Waals surface area contributed by atoms with Crippen molar-refractivity contribution in [3.63, 3.8) is 0 Å². The second-order valence-electron chi connectivity index (χ2n) is 5.68. The third kappa shape index (κ3) is 4.49. The molecule has 1 amide bonds. The fourth-order valence-corrected chi connectivity index (χ4v) is 2.35. The molecule has 0 fully saturated rings. The molecule has 4 heteroatoms. The van der Waals surface area contributed by atoms with Crippen LogP contribution in [0, 0.1) is 0 Å². The lowest BCUT2D eigenvalue weighted by Crippen LogP contribution is -2.15. The summed E-state index contributed by atoms with van der Waals surface area (Å²) in [5.74, 6) is 1.76. The van der Waals surface area contributed by atoms with Crippen molar-refractivity contribution >= 4 is 11.6 Å². The van der Waals surface area contributed by atoms with Gasteiger partial charge in [-0.15, -0.1) is 0 Å². The Bertz CT molecular complexity index is 663. The molecule has 4 nitrogen and oxygen atoms in total. The summed E-state index contributed by atoms with van der Waals surface area (Å²) in [6.45, 7) is 4.28. The lowest BCUT2D eigenvalue weighted by Gasteiger charge is -2.11. The third-order valence-corrected chi connectivity index (χ3v) is 3.70. The molecule has 0 saturated carbocycles. The van der Waals surface area contributed by atoms with Gasteiger partial charge in [-0.1, -0.05) is 26.0 Å². The predicted molar refractivity (Wildman–Crippen MR) is 92.4 cm³/mol. The van der Waals surface area contributed by atoms with E-state index in [0.717, 1.165) is 11.3 Å². The molecule has 2 aromatic rings. The van der Waals surface area contributed by atoms with Gasteiger partial charge in [0, 0.05) is 11.3 Å². The highest BCUT2D eigenvalue weighted by Crippen LogP contribution is 2.25. The number of hydrogen-bond acceptors (Lipinski definition) is 3. The molecule has 0 radical (unpaired) electrons. The lowest BCUT2D eigenvalue weighted by molar-refractivity contribution is -0.115. The highest BCUT2D eigenvalue weighted by Gasteiger charge is 2.11. The number of anilines is 1. The summed E-state index contributed by atoms with van der Waals surface area (Å²) < 4.78 is 10.5. The van der Waals surface area contributed by atoms with E-state index in [1.807, 2.05) is 36.4 Å². The van der Waals surface area contributed by atoms with Gasteiger partial charge in [-0.05, 0) is 41.8 Å². The lowest BCUT2D eigenvalue weighted by atomic mass is 10.0. The van der Waals surface area contributed by atoms with E-state index in [-0.39, 0.29) is 12.3 Å². The summed E-state index contributed by atoms with van der Waals surface area (Å²) >= 11 is 0. The van der Waals surface area contributed by atoms with Gasteiger partial charge < -0.3 is 14.8 Å². The molecule has 2 aromatic carbocycles. The second-order valence-corrected chi connectivity index (χ2v) is 5.68. The van der Waals surface area contributed by atoms with Crippen LogP contribution in [0.5, 0.6) is 11.5 Å². The maximum absolute atomic E-state index is 12.3. The number of benzene rings is 2. The van der Waals surface area contributed by atoms with Gasteiger partial charge in [-0.2, -0.15) is 0 Å². The average Bonchev–Trinajstić information content (AvgIpc) is 2.55. The summed E-state index contributed by atoms with van der Waals surface area (Å²) in [6, 6.07) is 13.4. The Morgan fingerprint density at radius 3 is 2.30 bits per heavy atom. The van der Waals surface area contributed by atoms with Crippen molar-refractivity contribution in [1.29, 1.82) is 0 Å². The second kappa shape index (κ2) is 7.68. The van der Waals surface area contributed by atoms with Crippen LogP contribution in [-0.2, 0) is 11.2 Å². The molecule has 0 bridgehead atoms. The van der Waals surface area contributed by atoms with Crippen LogP contribution in [0.15, 0.2) is 42.5 Å². The molecule has 122 valence electrons. The van der Waals surface area contributed by atoms with E-state index < -0.39 is 0 Å². The zero-order valence-corrected chi connectivity index (χ0v) is 14.1. The molecule has 0 aliphatic rings. The molecule has 0 aromatic heterocycles. The largest absolute Gasteiger partial charge is 0.497 e. The Morgan fingerprint density at radius 2 is 1.74 bits per heavy atom. The average molecular weight is 313 g/mol. The SMILES string of the molecule is COc1ccc(OC)c(CC(=O)Nc2ccc(C(C)C)cc2)c1. The van der Waals surface area contributed by atoms with Crippen LogP contribution in [0.1, 0.15) is 30.9 Å². The van der Waals surface area contributed by atoms with Gasteiger partial charge in [-0.25, -0.2) is 0 Å². The smallest absolute Gasteiger partial charge is 0.228 e. The van der Waals surface area contributed by atoms with Crippen LogP contribution >= 0.6 is 0 Å². The first-order valence-electron chi connectivity index (χ1n) is 7.64. The number of hydrogen-bond donors (Lipinski definition) is 1. The molecule has 2 rings (SSSR count). The summed E-state index contributed by atoms with van der Waals surface area (Å²) in [7, 11) is 3.19. The quantitative estimate of drug-likeness (QED) is 0.876. The van der Waals surface area contributed by atoms with E-state index in [2.05, 4.69) is 19.2 Å². The zero-order valence-electron chi connectivity index (χ0n) is 14.1. The van der Waals surface area contributed by atoms with Crippen molar-refractivity contribution in [2.24, 2.45) is 0 Å². The van der Waals surface area contributed by atoms with Crippen molar-refractivity contribution < 1.29 is 14.3 Å². The monoisotopic (exact) mass is 313 g/mol. The standard InChI is InChI=1S/C19H23NO3/c1-13(2)14-5-7-16(8-6-14)20-19(21)12-15-11-17(22-3)9-10-18(15)23-4/h5-11,13H,12H2,1-4H3,(H,20,21). The fraction of sp³-hybridized carbons (Fsp3) is 0.316. The molecule has 0 saturated heterocycles. The number of methoxy groups -OCH3 is 2. The summed E-state index contributed by atoms with van der Waals surface area (Å²) in [4.78, 5) is 12.3. The van der Waals surface area contributed by atoms with Gasteiger partial charge in [0.25, 0.3) is 0 Å². The Kier molecular flexibility index (Phi) is 5.63. The minimum absolute atomic E-state index is 0.0890. The van der Waals surface area contributed by atoms with Crippen LogP contribution in [-0.4, -0.2) is 20.1 Å². The normalized spacial score (nSPS) is 10.5. The predicted octanol–water partition coefficient (Wildman–Crippen LogP) is 4.01. The van der Waals surface area contributed by atoms with Crippen molar-refractivity contribution in [3.05, 3.63) is 53.6 Å². The van der Waals surface area contributed by atoms with Crippen LogP contribution in [0.2, 0.25) is 0 Å². The topological polar surface area (TPSA) is 47.6 Å². The van der Waals surface area contributed by atoms with Gasteiger partial charge in [0.15, 0.2) is 0 Å². The molecule has 23 heavy (non-hydrogen) atoms. The number of nitrogens with one attached hydrogen (secondary N) is 1. The van der Waals surface area contributed by atoms with Crippen molar-refractivity contribution in [2.45, 2.75) is 26.2 Å². The first kappa shape index (κ1) is 16.9. The van der Waals surface area contributed by atoms with Crippen molar-refractivity contribution in [1.82, 2.24) is 0 Å². The van der Waals surface area contributed by atoms with Crippen LogP contribution in [0.4, 0.5) is 5.69 Å². The van der Waals surface area contributed by atoms with Crippen LogP contribution < -0.4 is 14.8 Å². The Labute approximate surface area is 137 Å². The number of amides is 1. The Hall–Kier alpha value is -2.49. The van der Waals surface area contributed by atoms with Gasteiger partial charge >= 0.3 is 0 Å². The van der Waals surface area contributed by atoms with Crippen molar-refractivity contribution in [3.8, 4) is 11.5 Å². The first-order valence-corrected chi connectivity index (χ1v) is 7.64. The maximum atomic E-state index is 12.3. The molecular formula is C19H23NO3. The summed E-state index contributed by atoms with van der Waals surface area (Å²) in [5.41, 5.74) is 2.84. The Morgan fingerprint density at radius 1 is 1.04 bits per heavy atom.